The molecule has 3 nitrogen and oxygen atoms in total. The van der Waals surface area contributed by atoms with E-state index in [1.807, 2.05) is 30.3 Å². The molecule has 1 atom stereocenters. The minimum atomic E-state index is -0.273. The van der Waals surface area contributed by atoms with Gasteiger partial charge in [-0.2, -0.15) is 5.10 Å². The van der Waals surface area contributed by atoms with E-state index in [1.165, 1.54) is 22.3 Å². The van der Waals surface area contributed by atoms with E-state index in [0.29, 0.717) is 0 Å². The fourth-order valence-corrected chi connectivity index (χ4v) is 4.02. The first-order valence-corrected chi connectivity index (χ1v) is 9.62. The number of hydrazone groups is 1. The maximum Gasteiger partial charge on any atom is 0.244 e. The normalized spacial score (nSPS) is 17.4. The summed E-state index contributed by atoms with van der Waals surface area (Å²) >= 11 is 0. The van der Waals surface area contributed by atoms with E-state index in [9.17, 15) is 4.79 Å². The molecule has 0 aromatic heterocycles. The second kappa shape index (κ2) is 7.43. The maximum absolute atomic E-state index is 12.9. The zero-order valence-corrected chi connectivity index (χ0v) is 16.2. The highest BCUT2D eigenvalue weighted by Gasteiger charge is 2.60. The monoisotopic (exact) mass is 368 g/mol. The van der Waals surface area contributed by atoms with E-state index < -0.39 is 0 Å². The first-order chi connectivity index (χ1) is 13.6. The van der Waals surface area contributed by atoms with Crippen LogP contribution in [0.4, 0.5) is 0 Å². The van der Waals surface area contributed by atoms with Gasteiger partial charge in [-0.3, -0.25) is 4.79 Å². The van der Waals surface area contributed by atoms with Crippen molar-refractivity contribution in [3.05, 3.63) is 107 Å². The average Bonchev–Trinajstić information content (AvgIpc) is 3.46. The number of amides is 1. The van der Waals surface area contributed by atoms with Crippen molar-refractivity contribution < 1.29 is 4.79 Å². The lowest BCUT2D eigenvalue weighted by Crippen LogP contribution is -2.25. The van der Waals surface area contributed by atoms with Crippen LogP contribution in [0.2, 0.25) is 0 Å². The summed E-state index contributed by atoms with van der Waals surface area (Å²) < 4.78 is 0. The van der Waals surface area contributed by atoms with E-state index in [0.717, 1.165) is 12.0 Å². The van der Waals surface area contributed by atoms with Gasteiger partial charge >= 0.3 is 0 Å². The number of aryl methyl sites for hydroxylation is 2. The Balaban J connectivity index is 1.60. The van der Waals surface area contributed by atoms with E-state index in [2.05, 4.69) is 72.9 Å². The lowest BCUT2D eigenvalue weighted by Gasteiger charge is -2.19. The van der Waals surface area contributed by atoms with Crippen LogP contribution in [0.15, 0.2) is 84.0 Å². The molecule has 0 radical (unpaired) electrons. The Morgan fingerprint density at radius 3 is 2.11 bits per heavy atom. The number of carbonyl (C=O) groups excluding carboxylic acids is 1. The SMILES string of the molecule is Cc1cccc(C2(c3cccc(C)c3)C[C@H]2C(=O)NN=Cc2ccccc2)c1. The van der Waals surface area contributed by atoms with Crippen LogP contribution in [0.1, 0.15) is 34.2 Å². The third-order valence-corrected chi connectivity index (χ3v) is 5.53. The predicted molar refractivity (Wildman–Crippen MR) is 113 cm³/mol. The molecule has 4 rings (SSSR count). The van der Waals surface area contributed by atoms with Crippen LogP contribution in [0.5, 0.6) is 0 Å². The zero-order chi connectivity index (χ0) is 19.6. The molecule has 0 unspecified atom stereocenters. The van der Waals surface area contributed by atoms with Gasteiger partial charge in [0.2, 0.25) is 5.91 Å². The molecule has 0 saturated heterocycles. The zero-order valence-electron chi connectivity index (χ0n) is 16.2. The number of carbonyl (C=O) groups is 1. The van der Waals surface area contributed by atoms with Crippen molar-refractivity contribution in [2.24, 2.45) is 11.0 Å². The molecule has 1 saturated carbocycles. The number of hydrogen-bond acceptors (Lipinski definition) is 2. The van der Waals surface area contributed by atoms with Crippen molar-refractivity contribution >= 4 is 12.1 Å². The van der Waals surface area contributed by atoms with Crippen LogP contribution < -0.4 is 5.43 Å². The molecule has 1 N–H and O–H groups in total. The number of nitrogens with one attached hydrogen (secondary N) is 1. The lowest BCUT2D eigenvalue weighted by atomic mass is 9.84. The molecule has 0 heterocycles. The molecule has 0 bridgehead atoms. The molecule has 1 amide bonds. The van der Waals surface area contributed by atoms with E-state index in [4.69, 9.17) is 0 Å². The number of hydrogen-bond donors (Lipinski definition) is 1. The second-order valence-electron chi connectivity index (χ2n) is 7.61. The van der Waals surface area contributed by atoms with Crippen LogP contribution in [-0.4, -0.2) is 12.1 Å². The second-order valence-corrected chi connectivity index (χ2v) is 7.61. The summed E-state index contributed by atoms with van der Waals surface area (Å²) in [6.45, 7) is 4.18. The van der Waals surface area contributed by atoms with Gasteiger partial charge in [-0.15, -0.1) is 0 Å². The van der Waals surface area contributed by atoms with E-state index in [-0.39, 0.29) is 17.2 Å². The average molecular weight is 368 g/mol. The van der Waals surface area contributed by atoms with Gasteiger partial charge in [0, 0.05) is 5.41 Å². The summed E-state index contributed by atoms with van der Waals surface area (Å²) in [5.41, 5.74) is 8.25. The lowest BCUT2D eigenvalue weighted by molar-refractivity contribution is -0.122. The van der Waals surface area contributed by atoms with Gasteiger partial charge in [-0.1, -0.05) is 90.0 Å². The quantitative estimate of drug-likeness (QED) is 0.512. The summed E-state index contributed by atoms with van der Waals surface area (Å²) in [6, 6.07) is 26.8. The molecule has 1 aliphatic carbocycles. The van der Waals surface area contributed by atoms with Crippen molar-refractivity contribution in [3.8, 4) is 0 Å². The van der Waals surface area contributed by atoms with Crippen molar-refractivity contribution in [2.75, 3.05) is 0 Å². The van der Waals surface area contributed by atoms with Crippen LogP contribution in [0.3, 0.4) is 0 Å². The Kier molecular flexibility index (Phi) is 4.82. The van der Waals surface area contributed by atoms with Crippen molar-refractivity contribution in [2.45, 2.75) is 25.7 Å². The first kappa shape index (κ1) is 18.2. The summed E-state index contributed by atoms with van der Waals surface area (Å²) in [6.07, 6.45) is 2.48. The highest BCUT2D eigenvalue weighted by Crippen LogP contribution is 2.59. The van der Waals surface area contributed by atoms with Gasteiger partial charge in [0.15, 0.2) is 0 Å². The van der Waals surface area contributed by atoms with Crippen molar-refractivity contribution in [1.29, 1.82) is 0 Å². The molecule has 3 aromatic carbocycles. The molecular formula is C25H24N2O. The molecule has 3 heteroatoms. The molecule has 0 spiro atoms. The fourth-order valence-electron chi connectivity index (χ4n) is 4.02. The van der Waals surface area contributed by atoms with Gasteiger partial charge in [0.25, 0.3) is 0 Å². The molecule has 0 aliphatic heterocycles. The fraction of sp³-hybridized carbons (Fsp3) is 0.200. The molecule has 3 aromatic rings. The standard InChI is InChI=1S/C25H24N2O/c1-18-8-6-12-21(14-18)25(22-13-7-9-19(2)15-22)16-23(25)24(28)27-26-17-20-10-4-3-5-11-20/h3-15,17,23H,16H2,1-2H3,(H,27,28)/t23-/m0/s1. The van der Waals surface area contributed by atoms with Crippen LogP contribution >= 0.6 is 0 Å². The smallest absolute Gasteiger partial charge is 0.244 e. The van der Waals surface area contributed by atoms with Gasteiger partial charge < -0.3 is 0 Å². The highest BCUT2D eigenvalue weighted by atomic mass is 16.2. The predicted octanol–water partition coefficient (Wildman–Crippen LogP) is 4.76. The minimum absolute atomic E-state index is 0.0322. The Hall–Kier alpha value is -3.20. The van der Waals surface area contributed by atoms with Gasteiger partial charge in [-0.25, -0.2) is 5.43 Å². The number of rotatable bonds is 5. The first-order valence-electron chi connectivity index (χ1n) is 9.62. The molecule has 140 valence electrons. The topological polar surface area (TPSA) is 41.5 Å². The maximum atomic E-state index is 12.9. The number of nitrogens with zero attached hydrogens (tertiary/aromatic N) is 1. The Bertz CT molecular complexity index is 978. The van der Waals surface area contributed by atoms with Crippen LogP contribution in [0, 0.1) is 19.8 Å². The van der Waals surface area contributed by atoms with Crippen LogP contribution in [-0.2, 0) is 10.2 Å². The Morgan fingerprint density at radius 2 is 1.54 bits per heavy atom. The molecular weight excluding hydrogens is 344 g/mol. The third-order valence-electron chi connectivity index (χ3n) is 5.53. The summed E-state index contributed by atoms with van der Waals surface area (Å²) in [4.78, 5) is 12.9. The highest BCUT2D eigenvalue weighted by molar-refractivity contribution is 5.87. The third kappa shape index (κ3) is 3.48. The molecule has 28 heavy (non-hydrogen) atoms. The van der Waals surface area contributed by atoms with E-state index in [1.54, 1.807) is 6.21 Å². The van der Waals surface area contributed by atoms with Crippen molar-refractivity contribution in [1.82, 2.24) is 5.43 Å². The summed E-state index contributed by atoms with van der Waals surface area (Å²) in [5.74, 6) is -0.154. The Labute approximate surface area is 166 Å². The summed E-state index contributed by atoms with van der Waals surface area (Å²) in [5, 5.41) is 4.17. The Morgan fingerprint density at radius 1 is 0.929 bits per heavy atom. The molecule has 1 fully saturated rings. The van der Waals surface area contributed by atoms with Crippen LogP contribution in [0.25, 0.3) is 0 Å². The molecule has 1 aliphatic rings. The van der Waals surface area contributed by atoms with E-state index >= 15 is 0 Å². The number of benzene rings is 3. The van der Waals surface area contributed by atoms with Gasteiger partial charge in [-0.05, 0) is 37.0 Å². The van der Waals surface area contributed by atoms with Gasteiger partial charge in [0.1, 0.15) is 0 Å². The summed E-state index contributed by atoms with van der Waals surface area (Å²) in [7, 11) is 0. The largest absolute Gasteiger partial charge is 0.273 e. The minimum Gasteiger partial charge on any atom is -0.273 e. The van der Waals surface area contributed by atoms with Gasteiger partial charge in [0.05, 0.1) is 12.1 Å². The van der Waals surface area contributed by atoms with Crippen molar-refractivity contribution in [3.63, 3.8) is 0 Å².